The zero-order valence-corrected chi connectivity index (χ0v) is 13.6. The number of nitro benzene ring substituents is 1. The summed E-state index contributed by atoms with van der Waals surface area (Å²) in [5.74, 6) is -0.417. The molecule has 2 aromatic rings. The van der Waals surface area contributed by atoms with Crippen LogP contribution in [0, 0.1) is 17.0 Å². The van der Waals surface area contributed by atoms with Crippen molar-refractivity contribution >= 4 is 46.6 Å². The lowest BCUT2D eigenvalue weighted by molar-refractivity contribution is -0.384. The lowest BCUT2D eigenvalue weighted by atomic mass is 10.1. The van der Waals surface area contributed by atoms with Crippen molar-refractivity contribution in [1.82, 2.24) is 0 Å². The van der Waals surface area contributed by atoms with Crippen molar-refractivity contribution < 1.29 is 9.72 Å². The first kappa shape index (κ1) is 17.0. The van der Waals surface area contributed by atoms with Gasteiger partial charge in [0.1, 0.15) is 0 Å². The molecule has 1 amide bonds. The van der Waals surface area contributed by atoms with Crippen molar-refractivity contribution in [2.45, 2.75) is 6.92 Å². The maximum Gasteiger partial charge on any atom is 0.271 e. The number of hydrogen-bond acceptors (Lipinski definition) is 3. The lowest BCUT2D eigenvalue weighted by Gasteiger charge is -2.06. The summed E-state index contributed by atoms with van der Waals surface area (Å²) in [6.45, 7) is 1.75. The van der Waals surface area contributed by atoms with E-state index < -0.39 is 10.8 Å². The van der Waals surface area contributed by atoms with Gasteiger partial charge in [0.25, 0.3) is 5.69 Å². The van der Waals surface area contributed by atoms with E-state index in [4.69, 9.17) is 23.2 Å². The molecule has 0 aliphatic heterocycles. The topological polar surface area (TPSA) is 72.2 Å². The molecule has 0 bridgehead atoms. The number of rotatable bonds is 4. The molecule has 1 N–H and O–H groups in total. The molecule has 0 aliphatic carbocycles. The molecule has 0 aromatic heterocycles. The van der Waals surface area contributed by atoms with Crippen molar-refractivity contribution in [3.05, 3.63) is 73.8 Å². The molecule has 118 valence electrons. The first-order valence-corrected chi connectivity index (χ1v) is 7.31. The highest BCUT2D eigenvalue weighted by Gasteiger charge is 2.10. The van der Waals surface area contributed by atoms with E-state index >= 15 is 0 Å². The van der Waals surface area contributed by atoms with Gasteiger partial charge in [-0.05, 0) is 36.3 Å². The highest BCUT2D eigenvalue weighted by molar-refractivity contribution is 6.35. The zero-order chi connectivity index (χ0) is 17.0. The summed E-state index contributed by atoms with van der Waals surface area (Å²) in [6.07, 6.45) is 2.84. The van der Waals surface area contributed by atoms with Crippen LogP contribution in [-0.4, -0.2) is 10.8 Å². The third-order valence-electron chi connectivity index (χ3n) is 3.07. The summed E-state index contributed by atoms with van der Waals surface area (Å²) in [4.78, 5) is 22.2. The molecule has 0 spiro atoms. The average Bonchev–Trinajstić information content (AvgIpc) is 2.48. The normalized spacial score (nSPS) is 10.7. The average molecular weight is 351 g/mol. The SMILES string of the molecule is Cc1ccc([N+](=O)[O-])cc1NC(=O)/C=C/c1ccc(Cl)cc1Cl. The quantitative estimate of drug-likeness (QED) is 0.486. The number of non-ortho nitro benzene ring substituents is 1. The van der Waals surface area contributed by atoms with Crippen LogP contribution in [0.3, 0.4) is 0 Å². The van der Waals surface area contributed by atoms with Gasteiger partial charge in [-0.1, -0.05) is 35.3 Å². The van der Waals surface area contributed by atoms with Gasteiger partial charge in [0, 0.05) is 28.3 Å². The molecule has 0 saturated heterocycles. The van der Waals surface area contributed by atoms with E-state index in [0.29, 0.717) is 21.3 Å². The molecule has 0 unspecified atom stereocenters. The molecule has 23 heavy (non-hydrogen) atoms. The van der Waals surface area contributed by atoms with E-state index in [-0.39, 0.29) is 5.69 Å². The van der Waals surface area contributed by atoms with Crippen LogP contribution in [0.2, 0.25) is 10.0 Å². The number of anilines is 1. The van der Waals surface area contributed by atoms with E-state index in [0.717, 1.165) is 5.56 Å². The van der Waals surface area contributed by atoms with Gasteiger partial charge in [-0.25, -0.2) is 0 Å². The second-order valence-corrected chi connectivity index (χ2v) is 5.59. The number of halogens is 2. The first-order valence-electron chi connectivity index (χ1n) is 6.56. The van der Waals surface area contributed by atoms with Gasteiger partial charge in [0.05, 0.1) is 10.6 Å². The number of nitro groups is 1. The Morgan fingerprint density at radius 1 is 1.22 bits per heavy atom. The lowest BCUT2D eigenvalue weighted by Crippen LogP contribution is -2.09. The third-order valence-corrected chi connectivity index (χ3v) is 3.63. The zero-order valence-electron chi connectivity index (χ0n) is 12.0. The molecular formula is C16H12Cl2N2O3. The molecule has 0 radical (unpaired) electrons. The highest BCUT2D eigenvalue weighted by atomic mass is 35.5. The first-order chi connectivity index (χ1) is 10.9. The smallest absolute Gasteiger partial charge is 0.271 e. The molecule has 2 aromatic carbocycles. The Balaban J connectivity index is 2.14. The summed E-state index contributed by atoms with van der Waals surface area (Å²) >= 11 is 11.8. The van der Waals surface area contributed by atoms with Gasteiger partial charge in [0.2, 0.25) is 5.91 Å². The Kier molecular flexibility index (Phi) is 5.36. The van der Waals surface area contributed by atoms with Crippen LogP contribution in [0.4, 0.5) is 11.4 Å². The fourth-order valence-corrected chi connectivity index (χ4v) is 2.31. The third kappa shape index (κ3) is 4.55. The largest absolute Gasteiger partial charge is 0.322 e. The van der Waals surface area contributed by atoms with Crippen molar-refractivity contribution in [1.29, 1.82) is 0 Å². The van der Waals surface area contributed by atoms with Crippen LogP contribution in [0.15, 0.2) is 42.5 Å². The summed E-state index contributed by atoms with van der Waals surface area (Å²) in [5.41, 5.74) is 1.66. The minimum Gasteiger partial charge on any atom is -0.322 e. The van der Waals surface area contributed by atoms with E-state index in [2.05, 4.69) is 5.32 Å². The van der Waals surface area contributed by atoms with Crippen LogP contribution in [0.25, 0.3) is 6.08 Å². The van der Waals surface area contributed by atoms with E-state index in [1.165, 1.54) is 18.2 Å². The van der Waals surface area contributed by atoms with Crippen molar-refractivity contribution in [3.63, 3.8) is 0 Å². The Labute approximate surface area is 142 Å². The van der Waals surface area contributed by atoms with Gasteiger partial charge in [-0.3, -0.25) is 14.9 Å². The molecule has 0 fully saturated rings. The summed E-state index contributed by atoms with van der Waals surface area (Å²) in [6, 6.07) is 9.20. The molecule has 0 heterocycles. The number of carbonyl (C=O) groups excluding carboxylic acids is 1. The monoisotopic (exact) mass is 350 g/mol. The fourth-order valence-electron chi connectivity index (χ4n) is 1.83. The molecule has 7 heteroatoms. The Morgan fingerprint density at radius 3 is 2.61 bits per heavy atom. The highest BCUT2D eigenvalue weighted by Crippen LogP contribution is 2.23. The van der Waals surface area contributed by atoms with Crippen LogP contribution in [0.1, 0.15) is 11.1 Å². The number of hydrogen-bond donors (Lipinski definition) is 1. The van der Waals surface area contributed by atoms with Crippen LogP contribution in [0.5, 0.6) is 0 Å². The Morgan fingerprint density at radius 2 is 1.96 bits per heavy atom. The molecular weight excluding hydrogens is 339 g/mol. The second-order valence-electron chi connectivity index (χ2n) is 4.74. The van der Waals surface area contributed by atoms with Crippen molar-refractivity contribution in [2.75, 3.05) is 5.32 Å². The number of carbonyl (C=O) groups is 1. The standard InChI is InChI=1S/C16H12Cl2N2O3/c1-10-2-6-13(20(22)23)9-15(10)19-16(21)7-4-11-3-5-12(17)8-14(11)18/h2-9H,1H3,(H,19,21)/b7-4+. The Bertz CT molecular complexity index is 804. The summed E-state index contributed by atoms with van der Waals surface area (Å²) in [5, 5.41) is 14.3. The van der Waals surface area contributed by atoms with E-state index in [9.17, 15) is 14.9 Å². The van der Waals surface area contributed by atoms with Crippen LogP contribution >= 0.6 is 23.2 Å². The van der Waals surface area contributed by atoms with Crippen molar-refractivity contribution in [2.24, 2.45) is 0 Å². The fraction of sp³-hybridized carbons (Fsp3) is 0.0625. The summed E-state index contributed by atoms with van der Waals surface area (Å²) in [7, 11) is 0. The number of nitrogens with one attached hydrogen (secondary N) is 1. The maximum atomic E-state index is 12.0. The molecule has 2 rings (SSSR count). The van der Waals surface area contributed by atoms with Crippen LogP contribution < -0.4 is 5.32 Å². The molecule has 0 aliphatic rings. The number of aryl methyl sites for hydroxylation is 1. The maximum absolute atomic E-state index is 12.0. The van der Waals surface area contributed by atoms with Gasteiger partial charge in [-0.2, -0.15) is 0 Å². The second kappa shape index (κ2) is 7.26. The number of benzene rings is 2. The van der Waals surface area contributed by atoms with E-state index in [1.807, 2.05) is 0 Å². The summed E-state index contributed by atoms with van der Waals surface area (Å²) < 4.78 is 0. The van der Waals surface area contributed by atoms with Gasteiger partial charge < -0.3 is 5.32 Å². The van der Waals surface area contributed by atoms with Gasteiger partial charge >= 0.3 is 0 Å². The molecule has 5 nitrogen and oxygen atoms in total. The predicted molar refractivity (Wildman–Crippen MR) is 92.0 cm³/mol. The Hall–Kier alpha value is -2.37. The minimum atomic E-state index is -0.515. The predicted octanol–water partition coefficient (Wildman–Crippen LogP) is 4.86. The van der Waals surface area contributed by atoms with Crippen LogP contribution in [-0.2, 0) is 4.79 Å². The molecule has 0 saturated carbocycles. The number of amides is 1. The van der Waals surface area contributed by atoms with Gasteiger partial charge in [-0.15, -0.1) is 0 Å². The van der Waals surface area contributed by atoms with Gasteiger partial charge in [0.15, 0.2) is 0 Å². The minimum absolute atomic E-state index is 0.0874. The molecule has 0 atom stereocenters. The van der Waals surface area contributed by atoms with E-state index in [1.54, 1.807) is 37.3 Å². The van der Waals surface area contributed by atoms with Crippen molar-refractivity contribution in [3.8, 4) is 0 Å². The number of nitrogens with zero attached hydrogens (tertiary/aromatic N) is 1.